The summed E-state index contributed by atoms with van der Waals surface area (Å²) in [5.41, 5.74) is -8.83. The monoisotopic (exact) mass is 518 g/mol. The quantitative estimate of drug-likeness (QED) is 0.265. The minimum absolute atomic E-state index is 0. The van der Waals surface area contributed by atoms with E-state index in [4.69, 9.17) is 16.8 Å². The fourth-order valence-corrected chi connectivity index (χ4v) is 1.13. The van der Waals surface area contributed by atoms with Crippen molar-refractivity contribution in [3.8, 4) is 0 Å². The van der Waals surface area contributed by atoms with E-state index < -0.39 is 32.4 Å². The van der Waals surface area contributed by atoms with Crippen LogP contribution >= 0.6 is 0 Å². The second-order valence-corrected chi connectivity index (χ2v) is 6.20. The molecule has 0 fully saturated rings. The van der Waals surface area contributed by atoms with Gasteiger partial charge in [-0.15, -0.1) is 0 Å². The van der Waals surface area contributed by atoms with Crippen LogP contribution in [0.3, 0.4) is 0 Å². The minimum atomic E-state index is -5.08. The predicted octanol–water partition coefficient (Wildman–Crippen LogP) is 3.71. The van der Waals surface area contributed by atoms with E-state index in [0.717, 1.165) is 6.54 Å². The Labute approximate surface area is 163 Å². The summed E-state index contributed by atoms with van der Waals surface area (Å²) in [6.45, 7) is 5.50. The molecule has 153 valence electrons. The van der Waals surface area contributed by atoms with E-state index in [-0.39, 0.29) is 19.5 Å². The van der Waals surface area contributed by atoms with E-state index in [0.29, 0.717) is 0 Å². The van der Waals surface area contributed by atoms with E-state index in [9.17, 15) is 26.3 Å². The van der Waals surface area contributed by atoms with E-state index in [1.807, 2.05) is 0 Å². The van der Waals surface area contributed by atoms with Crippen LogP contribution in [-0.2, 0) is 64.3 Å². The van der Waals surface area contributed by atoms with Crippen LogP contribution in [0.2, 0.25) is 0 Å². The maximum Gasteiger partial charge on any atom is 3.00 e. The van der Waals surface area contributed by atoms with Crippen LogP contribution in [0.5, 0.6) is 0 Å². The topological polar surface area (TPSA) is 72.2 Å². The van der Waals surface area contributed by atoms with Gasteiger partial charge in [0, 0.05) is 39.5 Å². The molecule has 0 amide bonds. The van der Waals surface area contributed by atoms with E-state index >= 15 is 0 Å². The van der Waals surface area contributed by atoms with Crippen molar-refractivity contribution < 1.29 is 67.2 Å². The number of pyridine rings is 1. The normalized spacial score (nSPS) is 11.0. The average Bonchev–Trinajstić information content (AvgIpc) is 2.44. The molecule has 0 bridgehead atoms. The summed E-state index contributed by atoms with van der Waals surface area (Å²) >= 11 is 0. The molecule has 5 nitrogen and oxygen atoms in total. The Morgan fingerprint density at radius 3 is 1.62 bits per heavy atom. The van der Waals surface area contributed by atoms with Gasteiger partial charge in [-0.2, -0.15) is 26.3 Å². The van der Waals surface area contributed by atoms with Crippen LogP contribution < -0.4 is 4.57 Å². The molecular weight excluding hydrogens is 501 g/mol. The molecule has 0 atom stereocenters. The standard InChI is InChI=1S/C10H16N.2CF3O2S.Ru/c1-3-4-7-11-8-5-6-10(2)9-11;2*2-1(3,4)7(5)6;/h5-6,8-9H,3-4,7H2,1-2H3;;;/q+1;2*-1;+3. The summed E-state index contributed by atoms with van der Waals surface area (Å²) in [4.78, 5) is 0. The van der Waals surface area contributed by atoms with Crippen molar-refractivity contribution in [3.05, 3.63) is 30.1 Å². The van der Waals surface area contributed by atoms with Crippen molar-refractivity contribution in [1.29, 1.82) is 0 Å². The van der Waals surface area contributed by atoms with Gasteiger partial charge in [0.05, 0.1) is 0 Å². The summed E-state index contributed by atoms with van der Waals surface area (Å²) in [5, 5.41) is 0. The molecule has 14 heteroatoms. The zero-order valence-electron chi connectivity index (χ0n) is 13.4. The zero-order valence-corrected chi connectivity index (χ0v) is 16.8. The number of aromatic nitrogens is 1. The first-order chi connectivity index (χ1) is 11.2. The summed E-state index contributed by atoms with van der Waals surface area (Å²) in [6.07, 6.45) is 6.85. The predicted molar refractivity (Wildman–Crippen MR) is 75.9 cm³/mol. The van der Waals surface area contributed by atoms with Crippen molar-refractivity contribution in [2.45, 2.75) is 44.3 Å². The van der Waals surface area contributed by atoms with Gasteiger partial charge in [-0.3, -0.25) is 0 Å². The van der Waals surface area contributed by atoms with Crippen molar-refractivity contribution in [1.82, 2.24) is 0 Å². The second kappa shape index (κ2) is 14.3. The van der Waals surface area contributed by atoms with Crippen molar-refractivity contribution in [2.75, 3.05) is 0 Å². The summed E-state index contributed by atoms with van der Waals surface area (Å²) in [7, 11) is -7.87. The van der Waals surface area contributed by atoms with Gasteiger partial charge < -0.3 is 16.8 Å². The molecule has 0 saturated carbocycles. The van der Waals surface area contributed by atoms with Crippen LogP contribution in [0.4, 0.5) is 26.3 Å². The molecule has 1 aromatic heterocycles. The van der Waals surface area contributed by atoms with Crippen molar-refractivity contribution in [2.24, 2.45) is 0 Å². The molecule has 0 unspecified atom stereocenters. The molecule has 1 rings (SSSR count). The third-order valence-electron chi connectivity index (χ3n) is 2.15. The summed E-state index contributed by atoms with van der Waals surface area (Å²) < 4.78 is 101. The Morgan fingerprint density at radius 2 is 1.35 bits per heavy atom. The van der Waals surface area contributed by atoms with Crippen LogP contribution in [0.1, 0.15) is 25.3 Å². The number of aryl methyl sites for hydroxylation is 2. The molecular formula is C12H16F6NO4RuS2+2. The van der Waals surface area contributed by atoms with E-state index in [2.05, 4.69) is 42.9 Å². The number of rotatable bonds is 3. The van der Waals surface area contributed by atoms with Crippen LogP contribution in [0.25, 0.3) is 0 Å². The smallest absolute Gasteiger partial charge is 0.416 e. The average molecular weight is 517 g/mol. The van der Waals surface area contributed by atoms with Gasteiger partial charge in [0.1, 0.15) is 6.54 Å². The second-order valence-electron chi connectivity index (χ2n) is 4.33. The molecule has 0 N–H and O–H groups in total. The van der Waals surface area contributed by atoms with Gasteiger partial charge in [0.2, 0.25) is 0 Å². The van der Waals surface area contributed by atoms with Gasteiger partial charge >= 0.3 is 30.5 Å². The fraction of sp³-hybridized carbons (Fsp3) is 0.583. The van der Waals surface area contributed by atoms with Crippen LogP contribution in [0.15, 0.2) is 24.5 Å². The van der Waals surface area contributed by atoms with Gasteiger partial charge in [0.25, 0.3) is 0 Å². The number of hydrogen-bond donors (Lipinski definition) is 0. The minimum Gasteiger partial charge on any atom is -0.416 e. The number of halogens is 6. The Hall–Kier alpha value is -0.747. The summed E-state index contributed by atoms with van der Waals surface area (Å²) in [6, 6.07) is 4.23. The zero-order chi connectivity index (χ0) is 20.3. The fourth-order valence-electron chi connectivity index (χ4n) is 1.13. The molecule has 26 heavy (non-hydrogen) atoms. The Balaban J connectivity index is -0.000000314. The third-order valence-corrected chi connectivity index (χ3v) is 2.91. The molecule has 0 aliphatic rings. The Bertz CT molecular complexity index is 612. The third kappa shape index (κ3) is 18.1. The Kier molecular flexibility index (Phi) is 16.5. The number of hydrogen-bond acceptors (Lipinski definition) is 6. The SMILES string of the molecule is CCCC[n+]1cccc(C)c1.O=[S-](=O)C(F)(F)F.O=[S-](=O)C(F)(F)F.[Ru+3]. The first kappa shape index (κ1) is 30.0. The Morgan fingerprint density at radius 1 is 0.962 bits per heavy atom. The molecule has 0 spiro atoms. The van der Waals surface area contributed by atoms with Gasteiger partial charge in [-0.05, 0) is 13.0 Å². The summed E-state index contributed by atoms with van der Waals surface area (Å²) in [5.74, 6) is 0. The molecule has 1 radical (unpaired) electrons. The van der Waals surface area contributed by atoms with Crippen molar-refractivity contribution >= 4 is 21.4 Å². The van der Waals surface area contributed by atoms with Crippen molar-refractivity contribution in [3.63, 3.8) is 0 Å². The molecule has 0 aliphatic carbocycles. The van der Waals surface area contributed by atoms with Gasteiger partial charge in [-0.25, -0.2) is 4.57 Å². The van der Waals surface area contributed by atoms with E-state index in [1.165, 1.54) is 18.4 Å². The van der Waals surface area contributed by atoms with Gasteiger partial charge in [-0.1, -0.05) is 13.3 Å². The van der Waals surface area contributed by atoms with Crippen LogP contribution in [-0.4, -0.2) is 11.0 Å². The number of nitrogens with zero attached hydrogens (tertiary/aromatic N) is 1. The van der Waals surface area contributed by atoms with Gasteiger partial charge in [0.15, 0.2) is 12.4 Å². The van der Waals surface area contributed by atoms with E-state index in [1.54, 1.807) is 0 Å². The first-order valence-corrected chi connectivity index (χ1v) is 8.64. The maximum atomic E-state index is 10.6. The largest absolute Gasteiger partial charge is 3.00 e. The van der Waals surface area contributed by atoms with Crippen LogP contribution in [0, 0.1) is 6.92 Å². The number of alkyl halides is 6. The number of unbranched alkanes of at least 4 members (excludes halogenated alkanes) is 1. The molecule has 1 aromatic rings. The molecule has 0 aromatic carbocycles. The maximum absolute atomic E-state index is 10.6. The molecule has 0 saturated heterocycles. The first-order valence-electron chi connectivity index (χ1n) is 6.49. The molecule has 1 heterocycles. The molecule has 0 aliphatic heterocycles.